The third kappa shape index (κ3) is 4.09. The molecule has 2 rings (SSSR count). The number of aromatic nitrogens is 1. The van der Waals surface area contributed by atoms with E-state index >= 15 is 0 Å². The van der Waals surface area contributed by atoms with Crippen molar-refractivity contribution in [2.24, 2.45) is 0 Å². The average Bonchev–Trinajstić information content (AvgIpc) is 2.52. The van der Waals surface area contributed by atoms with E-state index in [9.17, 15) is 9.90 Å². The Kier molecular flexibility index (Phi) is 5.55. The highest BCUT2D eigenvalue weighted by molar-refractivity contribution is 5.21. The third-order valence-corrected chi connectivity index (χ3v) is 3.60. The minimum Gasteiger partial charge on any atom is -0.503 e. The maximum absolute atomic E-state index is 11.7. The molecule has 1 heterocycles. The maximum atomic E-state index is 11.7. The second-order valence-corrected chi connectivity index (χ2v) is 5.24. The van der Waals surface area contributed by atoms with Gasteiger partial charge in [0.1, 0.15) is 0 Å². The molecule has 0 fully saturated rings. The molecule has 0 spiro atoms. The summed E-state index contributed by atoms with van der Waals surface area (Å²) in [5.74, 6) is -0.225. The monoisotopic (exact) mass is 298 g/mol. The van der Waals surface area contributed by atoms with E-state index in [0.29, 0.717) is 13.1 Å². The summed E-state index contributed by atoms with van der Waals surface area (Å²) < 4.78 is 1.86. The lowest BCUT2D eigenvalue weighted by atomic mass is 10.2. The van der Waals surface area contributed by atoms with Crippen molar-refractivity contribution in [1.29, 1.82) is 0 Å². The largest absolute Gasteiger partial charge is 0.503 e. The number of aromatic hydroxyl groups is 1. The molecular formula is C18H22N2O2. The molecule has 0 unspecified atom stereocenters. The number of nitrogens with zero attached hydrogens (tertiary/aromatic N) is 2. The quantitative estimate of drug-likeness (QED) is 0.800. The predicted molar refractivity (Wildman–Crippen MR) is 88.8 cm³/mol. The van der Waals surface area contributed by atoms with Gasteiger partial charge in [0.2, 0.25) is 5.43 Å². The minimum absolute atomic E-state index is 0.225. The fourth-order valence-electron chi connectivity index (χ4n) is 2.40. The van der Waals surface area contributed by atoms with Gasteiger partial charge in [0.25, 0.3) is 0 Å². The Bertz CT molecular complexity index is 677. The standard InChI is InChI=1S/C18H22N2O2/c1-3-10-20-14-18(22)17(21)11-16(20)13-19(4-2)12-15-8-6-5-7-9-15/h3,5-9,11,14,22H,1,4,10,12-13H2,2H3. The summed E-state index contributed by atoms with van der Waals surface area (Å²) in [4.78, 5) is 14.0. The molecule has 0 saturated heterocycles. The molecule has 0 radical (unpaired) electrons. The molecule has 1 aromatic carbocycles. The van der Waals surface area contributed by atoms with E-state index in [0.717, 1.165) is 18.8 Å². The van der Waals surface area contributed by atoms with Gasteiger partial charge >= 0.3 is 0 Å². The summed E-state index contributed by atoms with van der Waals surface area (Å²) in [7, 11) is 0. The molecule has 0 aliphatic rings. The highest BCUT2D eigenvalue weighted by atomic mass is 16.3. The van der Waals surface area contributed by atoms with Crippen molar-refractivity contribution in [3.63, 3.8) is 0 Å². The molecule has 4 nitrogen and oxygen atoms in total. The Morgan fingerprint density at radius 2 is 2.00 bits per heavy atom. The van der Waals surface area contributed by atoms with Gasteiger partial charge in [-0.1, -0.05) is 43.3 Å². The van der Waals surface area contributed by atoms with Crippen molar-refractivity contribution in [3.8, 4) is 5.75 Å². The van der Waals surface area contributed by atoms with Crippen molar-refractivity contribution in [2.45, 2.75) is 26.6 Å². The van der Waals surface area contributed by atoms with Crippen LogP contribution in [0.5, 0.6) is 5.75 Å². The second kappa shape index (κ2) is 7.61. The van der Waals surface area contributed by atoms with Gasteiger partial charge in [-0.2, -0.15) is 0 Å². The Morgan fingerprint density at radius 3 is 2.64 bits per heavy atom. The lowest BCUT2D eigenvalue weighted by Crippen LogP contribution is -2.25. The number of hydrogen-bond acceptors (Lipinski definition) is 3. The van der Waals surface area contributed by atoms with E-state index in [1.54, 1.807) is 6.08 Å². The van der Waals surface area contributed by atoms with Crippen LogP contribution in [-0.4, -0.2) is 21.1 Å². The zero-order valence-electron chi connectivity index (χ0n) is 12.9. The van der Waals surface area contributed by atoms with Crippen LogP contribution in [0.3, 0.4) is 0 Å². The second-order valence-electron chi connectivity index (χ2n) is 5.24. The van der Waals surface area contributed by atoms with Gasteiger partial charge < -0.3 is 9.67 Å². The van der Waals surface area contributed by atoms with E-state index in [1.807, 2.05) is 22.8 Å². The normalized spacial score (nSPS) is 10.8. The molecule has 0 saturated carbocycles. The Morgan fingerprint density at radius 1 is 1.27 bits per heavy atom. The predicted octanol–water partition coefficient (Wildman–Crippen LogP) is 2.76. The van der Waals surface area contributed by atoms with Crippen LogP contribution in [-0.2, 0) is 19.6 Å². The molecule has 4 heteroatoms. The minimum atomic E-state index is -0.342. The SMILES string of the molecule is C=CCn1cc(O)c(=O)cc1CN(CC)Cc1ccccc1. The fraction of sp³-hybridized carbons (Fsp3) is 0.278. The van der Waals surface area contributed by atoms with Crippen LogP contribution >= 0.6 is 0 Å². The summed E-state index contributed by atoms with van der Waals surface area (Å²) >= 11 is 0. The van der Waals surface area contributed by atoms with Gasteiger partial charge in [0.05, 0.1) is 6.20 Å². The molecule has 0 atom stereocenters. The van der Waals surface area contributed by atoms with Crippen LogP contribution in [0.25, 0.3) is 0 Å². The third-order valence-electron chi connectivity index (χ3n) is 3.60. The number of hydrogen-bond donors (Lipinski definition) is 1. The highest BCUT2D eigenvalue weighted by Crippen LogP contribution is 2.11. The van der Waals surface area contributed by atoms with Crippen LogP contribution in [0.2, 0.25) is 0 Å². The van der Waals surface area contributed by atoms with Gasteiger partial charge in [-0.3, -0.25) is 9.69 Å². The maximum Gasteiger partial charge on any atom is 0.223 e. The van der Waals surface area contributed by atoms with Crippen LogP contribution in [0.1, 0.15) is 18.2 Å². The first kappa shape index (κ1) is 16.0. The van der Waals surface area contributed by atoms with E-state index in [2.05, 4.69) is 30.5 Å². The number of pyridine rings is 1. The molecule has 1 aromatic heterocycles. The molecule has 1 N–H and O–H groups in total. The summed E-state index contributed by atoms with van der Waals surface area (Å²) in [6, 6.07) is 11.7. The zero-order valence-corrected chi connectivity index (χ0v) is 12.9. The van der Waals surface area contributed by atoms with Gasteiger partial charge in [0.15, 0.2) is 5.75 Å². The van der Waals surface area contributed by atoms with Gasteiger partial charge in [-0.25, -0.2) is 0 Å². The summed E-state index contributed by atoms with van der Waals surface area (Å²) in [6.07, 6.45) is 3.23. The Balaban J connectivity index is 2.21. The van der Waals surface area contributed by atoms with Crippen LogP contribution in [0.4, 0.5) is 0 Å². The first-order valence-corrected chi connectivity index (χ1v) is 7.43. The van der Waals surface area contributed by atoms with Gasteiger partial charge in [-0.05, 0) is 12.1 Å². The molecule has 0 aliphatic heterocycles. The summed E-state index contributed by atoms with van der Waals surface area (Å²) in [5.41, 5.74) is 1.77. The van der Waals surface area contributed by atoms with Crippen LogP contribution in [0.15, 0.2) is 60.0 Å². The molecule has 0 aliphatic carbocycles. The van der Waals surface area contributed by atoms with E-state index in [1.165, 1.54) is 17.8 Å². The lowest BCUT2D eigenvalue weighted by molar-refractivity contribution is 0.263. The van der Waals surface area contributed by atoms with Crippen molar-refractivity contribution >= 4 is 0 Å². The van der Waals surface area contributed by atoms with Crippen molar-refractivity contribution in [2.75, 3.05) is 6.54 Å². The molecule has 2 aromatic rings. The van der Waals surface area contributed by atoms with Gasteiger partial charge in [0, 0.05) is 31.4 Å². The Hall–Kier alpha value is -2.33. The summed E-state index contributed by atoms with van der Waals surface area (Å²) in [6.45, 7) is 8.72. The highest BCUT2D eigenvalue weighted by Gasteiger charge is 2.10. The van der Waals surface area contributed by atoms with Crippen LogP contribution < -0.4 is 5.43 Å². The summed E-state index contributed by atoms with van der Waals surface area (Å²) in [5, 5.41) is 9.60. The number of benzene rings is 1. The van der Waals surface area contributed by atoms with E-state index in [-0.39, 0.29) is 11.2 Å². The average molecular weight is 298 g/mol. The fourth-order valence-corrected chi connectivity index (χ4v) is 2.40. The first-order valence-electron chi connectivity index (χ1n) is 7.43. The topological polar surface area (TPSA) is 45.5 Å². The first-order chi connectivity index (χ1) is 10.6. The smallest absolute Gasteiger partial charge is 0.223 e. The van der Waals surface area contributed by atoms with Crippen molar-refractivity contribution in [1.82, 2.24) is 9.47 Å². The van der Waals surface area contributed by atoms with Crippen molar-refractivity contribution < 1.29 is 5.11 Å². The van der Waals surface area contributed by atoms with Gasteiger partial charge in [-0.15, -0.1) is 6.58 Å². The molecule has 0 amide bonds. The van der Waals surface area contributed by atoms with Crippen molar-refractivity contribution in [3.05, 3.63) is 76.7 Å². The Labute approximate surface area is 130 Å². The lowest BCUT2D eigenvalue weighted by Gasteiger charge is -2.23. The molecule has 22 heavy (non-hydrogen) atoms. The molecule has 116 valence electrons. The van der Waals surface area contributed by atoms with Crippen LogP contribution in [0, 0.1) is 0 Å². The molecule has 0 bridgehead atoms. The van der Waals surface area contributed by atoms with E-state index < -0.39 is 0 Å². The zero-order chi connectivity index (χ0) is 15.9. The molecular weight excluding hydrogens is 276 g/mol. The number of rotatable bonds is 7. The van der Waals surface area contributed by atoms with E-state index in [4.69, 9.17) is 0 Å². The number of allylic oxidation sites excluding steroid dienone is 1.